The zero-order chi connectivity index (χ0) is 15.2. The third-order valence-electron chi connectivity index (χ3n) is 3.11. The number of halogens is 1. The van der Waals surface area contributed by atoms with Crippen LogP contribution in [0.3, 0.4) is 0 Å². The molecule has 110 valence electrons. The molecular weight excluding hydrogens is 271 g/mol. The highest BCUT2D eigenvalue weighted by Gasteiger charge is 2.12. The number of hydrazone groups is 1. The van der Waals surface area contributed by atoms with E-state index in [1.54, 1.807) is 16.7 Å². The number of amides is 1. The van der Waals surface area contributed by atoms with Crippen LogP contribution in [-0.4, -0.2) is 21.2 Å². The summed E-state index contributed by atoms with van der Waals surface area (Å²) in [7, 11) is 0. The number of benzene rings is 1. The van der Waals surface area contributed by atoms with Crippen LogP contribution in [0.5, 0.6) is 0 Å². The van der Waals surface area contributed by atoms with Crippen LogP contribution in [0.2, 0.25) is 0 Å². The van der Waals surface area contributed by atoms with Gasteiger partial charge in [0, 0.05) is 11.4 Å². The summed E-state index contributed by atoms with van der Waals surface area (Å²) < 4.78 is 14.5. The Bertz CT molecular complexity index is 640. The van der Waals surface area contributed by atoms with Crippen molar-refractivity contribution in [1.29, 1.82) is 0 Å². The first kappa shape index (κ1) is 14.9. The molecule has 2 rings (SSSR count). The van der Waals surface area contributed by atoms with E-state index in [1.165, 1.54) is 24.7 Å². The molecule has 1 aromatic carbocycles. The van der Waals surface area contributed by atoms with Gasteiger partial charge in [0.15, 0.2) is 0 Å². The monoisotopic (exact) mass is 288 g/mol. The average molecular weight is 288 g/mol. The topological polar surface area (TPSA) is 59.3 Å². The quantitative estimate of drug-likeness (QED) is 0.679. The smallest absolute Gasteiger partial charge is 0.289 e. The lowest BCUT2D eigenvalue weighted by Crippen LogP contribution is -2.22. The van der Waals surface area contributed by atoms with Crippen molar-refractivity contribution < 1.29 is 9.18 Å². The molecule has 1 aromatic heterocycles. The number of nitrogens with one attached hydrogen (secondary N) is 1. The Morgan fingerprint density at radius 3 is 2.57 bits per heavy atom. The van der Waals surface area contributed by atoms with Gasteiger partial charge in [0.1, 0.15) is 11.5 Å². The number of rotatable bonds is 5. The summed E-state index contributed by atoms with van der Waals surface area (Å²) in [5.74, 6) is -0.679. The number of carbonyl (C=O) groups excluding carboxylic acids is 1. The molecule has 0 bridgehead atoms. The summed E-state index contributed by atoms with van der Waals surface area (Å²) >= 11 is 0. The molecule has 21 heavy (non-hydrogen) atoms. The SMILES string of the molecule is CCC(CC)=NNC(=O)c1cncn1-c1ccc(F)cc1. The Morgan fingerprint density at radius 2 is 1.95 bits per heavy atom. The Balaban J connectivity index is 2.22. The summed E-state index contributed by atoms with van der Waals surface area (Å²) in [6.07, 6.45) is 4.53. The van der Waals surface area contributed by atoms with Crippen LogP contribution in [-0.2, 0) is 0 Å². The lowest BCUT2D eigenvalue weighted by molar-refractivity contribution is 0.0948. The first-order valence-electron chi connectivity index (χ1n) is 6.79. The molecule has 0 aliphatic rings. The first-order valence-corrected chi connectivity index (χ1v) is 6.79. The Morgan fingerprint density at radius 1 is 1.29 bits per heavy atom. The molecule has 0 saturated heterocycles. The van der Waals surface area contributed by atoms with Crippen molar-refractivity contribution in [3.8, 4) is 5.69 Å². The van der Waals surface area contributed by atoms with Gasteiger partial charge in [0.2, 0.25) is 0 Å². The maximum atomic E-state index is 13.0. The van der Waals surface area contributed by atoms with Gasteiger partial charge in [-0.1, -0.05) is 13.8 Å². The summed E-state index contributed by atoms with van der Waals surface area (Å²) in [5, 5.41) is 4.08. The molecule has 6 heteroatoms. The second-order valence-corrected chi connectivity index (χ2v) is 4.45. The molecule has 0 fully saturated rings. The molecule has 5 nitrogen and oxygen atoms in total. The van der Waals surface area contributed by atoms with Gasteiger partial charge >= 0.3 is 0 Å². The van der Waals surface area contributed by atoms with Crippen molar-refractivity contribution in [3.05, 3.63) is 48.3 Å². The highest BCUT2D eigenvalue weighted by molar-refractivity contribution is 5.94. The zero-order valence-corrected chi connectivity index (χ0v) is 12.0. The lowest BCUT2D eigenvalue weighted by Gasteiger charge is -2.07. The van der Waals surface area contributed by atoms with Gasteiger partial charge in [-0.05, 0) is 37.1 Å². The van der Waals surface area contributed by atoms with E-state index >= 15 is 0 Å². The highest BCUT2D eigenvalue weighted by Crippen LogP contribution is 2.12. The number of hydrogen-bond acceptors (Lipinski definition) is 3. The van der Waals surface area contributed by atoms with Crippen molar-refractivity contribution in [2.45, 2.75) is 26.7 Å². The van der Waals surface area contributed by atoms with Gasteiger partial charge in [-0.25, -0.2) is 14.8 Å². The average Bonchev–Trinajstić information content (AvgIpc) is 2.98. The van der Waals surface area contributed by atoms with E-state index < -0.39 is 0 Å². The van der Waals surface area contributed by atoms with Crippen LogP contribution in [0.1, 0.15) is 37.2 Å². The zero-order valence-electron chi connectivity index (χ0n) is 12.0. The van der Waals surface area contributed by atoms with Gasteiger partial charge in [-0.2, -0.15) is 5.10 Å². The van der Waals surface area contributed by atoms with Crippen LogP contribution in [0, 0.1) is 5.82 Å². The number of nitrogens with zero attached hydrogens (tertiary/aromatic N) is 3. The lowest BCUT2D eigenvalue weighted by atomic mass is 10.2. The van der Waals surface area contributed by atoms with E-state index in [1.807, 2.05) is 13.8 Å². The molecule has 0 saturated carbocycles. The molecule has 0 aliphatic heterocycles. The Labute approximate surface area is 122 Å². The van der Waals surface area contributed by atoms with Crippen molar-refractivity contribution >= 4 is 11.6 Å². The molecule has 1 N–H and O–H groups in total. The van der Waals surface area contributed by atoms with E-state index in [2.05, 4.69) is 15.5 Å². The standard InChI is InChI=1S/C15H17FN4O/c1-3-12(4-2)18-19-15(21)14-9-17-10-20(14)13-7-5-11(16)6-8-13/h5-10H,3-4H2,1-2H3,(H,19,21). The minimum atomic E-state index is -0.351. The number of carbonyl (C=O) groups is 1. The van der Waals surface area contributed by atoms with Crippen molar-refractivity contribution in [2.75, 3.05) is 0 Å². The summed E-state index contributed by atoms with van der Waals surface area (Å²) in [6, 6.07) is 5.84. The number of aromatic nitrogens is 2. The maximum Gasteiger partial charge on any atom is 0.289 e. The minimum absolute atomic E-state index is 0.329. The molecule has 1 amide bonds. The predicted molar refractivity (Wildman–Crippen MR) is 79.0 cm³/mol. The molecule has 0 radical (unpaired) electrons. The third-order valence-corrected chi connectivity index (χ3v) is 3.11. The largest absolute Gasteiger partial charge is 0.295 e. The molecule has 0 aliphatic carbocycles. The fourth-order valence-corrected chi connectivity index (χ4v) is 1.87. The Kier molecular flexibility index (Phi) is 4.81. The highest BCUT2D eigenvalue weighted by atomic mass is 19.1. The second-order valence-electron chi connectivity index (χ2n) is 4.45. The summed E-state index contributed by atoms with van der Waals surface area (Å²) in [5.41, 5.74) is 4.44. The summed E-state index contributed by atoms with van der Waals surface area (Å²) in [6.45, 7) is 3.97. The van der Waals surface area contributed by atoms with Crippen LogP contribution in [0.25, 0.3) is 5.69 Å². The first-order chi connectivity index (χ1) is 10.2. The van der Waals surface area contributed by atoms with Gasteiger partial charge in [0.25, 0.3) is 5.91 Å². The van der Waals surface area contributed by atoms with Crippen molar-refractivity contribution in [3.63, 3.8) is 0 Å². The van der Waals surface area contributed by atoms with E-state index in [-0.39, 0.29) is 11.7 Å². The molecule has 2 aromatic rings. The van der Waals surface area contributed by atoms with Gasteiger partial charge in [0.05, 0.1) is 12.5 Å². The molecule has 0 spiro atoms. The number of hydrogen-bond donors (Lipinski definition) is 1. The predicted octanol–water partition coefficient (Wildman–Crippen LogP) is 2.92. The normalized spacial score (nSPS) is 10.2. The Hall–Kier alpha value is -2.50. The van der Waals surface area contributed by atoms with Crippen LogP contribution in [0.4, 0.5) is 4.39 Å². The molecule has 1 heterocycles. The van der Waals surface area contributed by atoms with Crippen molar-refractivity contribution in [1.82, 2.24) is 15.0 Å². The molecular formula is C15H17FN4O. The number of imidazole rings is 1. The second kappa shape index (κ2) is 6.78. The van der Waals surface area contributed by atoms with E-state index in [4.69, 9.17) is 0 Å². The van der Waals surface area contributed by atoms with Gasteiger partial charge in [-0.3, -0.25) is 9.36 Å². The maximum absolute atomic E-state index is 13.0. The van der Waals surface area contributed by atoms with Crippen LogP contribution >= 0.6 is 0 Å². The molecule has 0 atom stereocenters. The molecule has 0 unspecified atom stereocenters. The van der Waals surface area contributed by atoms with Crippen LogP contribution < -0.4 is 5.43 Å². The van der Waals surface area contributed by atoms with E-state index in [0.29, 0.717) is 11.4 Å². The fourth-order valence-electron chi connectivity index (χ4n) is 1.87. The summed E-state index contributed by atoms with van der Waals surface area (Å²) in [4.78, 5) is 16.1. The minimum Gasteiger partial charge on any atom is -0.295 e. The van der Waals surface area contributed by atoms with Crippen molar-refractivity contribution in [2.24, 2.45) is 5.10 Å². The fraction of sp³-hybridized carbons (Fsp3) is 0.267. The van der Waals surface area contributed by atoms with Gasteiger partial charge < -0.3 is 0 Å². The van der Waals surface area contributed by atoms with Crippen LogP contribution in [0.15, 0.2) is 41.9 Å². The van der Waals surface area contributed by atoms with E-state index in [0.717, 1.165) is 18.6 Å². The third kappa shape index (κ3) is 3.53. The van der Waals surface area contributed by atoms with Gasteiger partial charge in [-0.15, -0.1) is 0 Å². The van der Waals surface area contributed by atoms with E-state index in [9.17, 15) is 9.18 Å².